The van der Waals surface area contributed by atoms with Crippen molar-refractivity contribution in [1.29, 1.82) is 0 Å². The van der Waals surface area contributed by atoms with E-state index in [1.165, 1.54) is 0 Å². The molecule has 164 valence electrons. The van der Waals surface area contributed by atoms with E-state index in [-0.39, 0.29) is 0 Å². The summed E-state index contributed by atoms with van der Waals surface area (Å²) in [6.45, 7) is 0. The van der Waals surface area contributed by atoms with Crippen LogP contribution in [0.2, 0.25) is 0 Å². The van der Waals surface area contributed by atoms with Gasteiger partial charge in [-0.3, -0.25) is 0 Å². The first kappa shape index (κ1) is 21.6. The second-order valence-electron chi connectivity index (χ2n) is 7.91. The lowest BCUT2D eigenvalue weighted by molar-refractivity contribution is 0.288. The molecule has 34 heavy (non-hydrogen) atoms. The van der Waals surface area contributed by atoms with Crippen LogP contribution >= 0.6 is 0 Å². The zero-order valence-corrected chi connectivity index (χ0v) is 18.4. The molecule has 1 aromatic heterocycles. The summed E-state index contributed by atoms with van der Waals surface area (Å²) in [4.78, 5) is 5.01. The van der Waals surface area contributed by atoms with Gasteiger partial charge in [0.15, 0.2) is 0 Å². The molecule has 5 heteroatoms. The van der Waals surface area contributed by atoms with Crippen LogP contribution in [0.4, 0.5) is 0 Å². The second kappa shape index (κ2) is 9.75. The van der Waals surface area contributed by atoms with Crippen molar-refractivity contribution in [1.82, 2.24) is 4.98 Å². The van der Waals surface area contributed by atoms with E-state index in [0.29, 0.717) is 5.75 Å². The molecule has 0 aliphatic heterocycles. The maximum absolute atomic E-state index is 8.99. The smallest absolute Gasteiger partial charge is 0.512 e. The fourth-order valence-electron chi connectivity index (χ4n) is 3.94. The molecular formula is C29H22BNO3. The Kier molecular flexibility index (Phi) is 6.21. The topological polar surface area (TPSA) is 62.6 Å². The highest BCUT2D eigenvalue weighted by molar-refractivity contribution is 6.33. The molecule has 5 aromatic rings. The molecular weight excluding hydrogens is 421 g/mol. The number of nitrogens with zero attached hydrogens (tertiary/aromatic N) is 1. The summed E-state index contributed by atoms with van der Waals surface area (Å²) in [5, 5.41) is 18.0. The lowest BCUT2D eigenvalue weighted by Gasteiger charge is -2.12. The third-order valence-electron chi connectivity index (χ3n) is 5.59. The number of hydrogen-bond acceptors (Lipinski definition) is 4. The molecule has 5 rings (SSSR count). The standard InChI is InChI=1S/C29H22BNO3/c32-30(33)34-27-16-14-22(15-17-27)24-12-7-13-25(18-24)29-20-26(21-8-3-1-4-9-21)19-28(31-29)23-10-5-2-6-11-23/h1-20,32-33H. The number of aromatic nitrogens is 1. The molecule has 0 fully saturated rings. The van der Waals surface area contributed by atoms with Gasteiger partial charge in [-0.25, -0.2) is 4.98 Å². The van der Waals surface area contributed by atoms with Crippen LogP contribution in [0.15, 0.2) is 121 Å². The summed E-state index contributed by atoms with van der Waals surface area (Å²) in [7, 11) is -1.84. The molecule has 0 atom stereocenters. The van der Waals surface area contributed by atoms with Crippen LogP contribution in [0.25, 0.3) is 44.8 Å². The van der Waals surface area contributed by atoms with Gasteiger partial charge in [0.2, 0.25) is 0 Å². The fraction of sp³-hybridized carbons (Fsp3) is 0. The summed E-state index contributed by atoms with van der Waals surface area (Å²) in [6.07, 6.45) is 0. The predicted octanol–water partition coefficient (Wildman–Crippen LogP) is 6.10. The van der Waals surface area contributed by atoms with E-state index >= 15 is 0 Å². The Morgan fingerprint density at radius 1 is 0.471 bits per heavy atom. The van der Waals surface area contributed by atoms with E-state index in [9.17, 15) is 0 Å². The SMILES string of the molecule is OB(O)Oc1ccc(-c2cccc(-c3cc(-c4ccccc4)cc(-c4ccccc4)n3)c2)cc1. The van der Waals surface area contributed by atoms with E-state index in [0.717, 1.165) is 44.8 Å². The first-order valence-corrected chi connectivity index (χ1v) is 11.0. The van der Waals surface area contributed by atoms with Crippen LogP contribution in [0.3, 0.4) is 0 Å². The molecule has 2 N–H and O–H groups in total. The molecule has 0 aliphatic carbocycles. The average molecular weight is 443 g/mol. The quantitative estimate of drug-likeness (QED) is 0.312. The Balaban J connectivity index is 1.57. The summed E-state index contributed by atoms with van der Waals surface area (Å²) >= 11 is 0. The van der Waals surface area contributed by atoms with E-state index < -0.39 is 7.32 Å². The van der Waals surface area contributed by atoms with Gasteiger partial charge in [-0.15, -0.1) is 0 Å². The number of hydrogen-bond donors (Lipinski definition) is 2. The number of pyridine rings is 1. The van der Waals surface area contributed by atoms with Gasteiger partial charge in [0, 0.05) is 11.1 Å². The molecule has 0 unspecified atom stereocenters. The van der Waals surface area contributed by atoms with Gasteiger partial charge in [0.05, 0.1) is 11.4 Å². The molecule has 0 bridgehead atoms. The van der Waals surface area contributed by atoms with Crippen LogP contribution in [0.1, 0.15) is 0 Å². The Labute approximate surface area is 199 Å². The van der Waals surface area contributed by atoms with Crippen LogP contribution in [0, 0.1) is 0 Å². The largest absolute Gasteiger partial charge is 0.707 e. The molecule has 0 saturated heterocycles. The lowest BCUT2D eigenvalue weighted by Crippen LogP contribution is -2.20. The summed E-state index contributed by atoms with van der Waals surface area (Å²) < 4.78 is 4.91. The minimum absolute atomic E-state index is 0.389. The van der Waals surface area contributed by atoms with Gasteiger partial charge in [0.1, 0.15) is 5.75 Å². The highest BCUT2D eigenvalue weighted by atomic mass is 16.6. The van der Waals surface area contributed by atoms with E-state index in [4.69, 9.17) is 19.7 Å². The molecule has 4 aromatic carbocycles. The van der Waals surface area contributed by atoms with Gasteiger partial charge < -0.3 is 14.7 Å². The molecule has 0 amide bonds. The summed E-state index contributed by atoms with van der Waals surface area (Å²) in [5.41, 5.74) is 8.17. The molecule has 4 nitrogen and oxygen atoms in total. The van der Waals surface area contributed by atoms with Crippen LogP contribution in [0.5, 0.6) is 5.75 Å². The molecule has 0 saturated carbocycles. The van der Waals surface area contributed by atoms with Crippen LogP contribution in [-0.2, 0) is 0 Å². The zero-order valence-electron chi connectivity index (χ0n) is 18.4. The third kappa shape index (κ3) is 4.91. The Hall–Kier alpha value is -4.19. The van der Waals surface area contributed by atoms with Gasteiger partial charge >= 0.3 is 7.32 Å². The normalized spacial score (nSPS) is 10.6. The third-order valence-corrected chi connectivity index (χ3v) is 5.59. The predicted molar refractivity (Wildman–Crippen MR) is 137 cm³/mol. The van der Waals surface area contributed by atoms with Crippen molar-refractivity contribution in [2.45, 2.75) is 0 Å². The summed E-state index contributed by atoms with van der Waals surface area (Å²) in [5.74, 6) is 0.389. The second-order valence-corrected chi connectivity index (χ2v) is 7.91. The minimum atomic E-state index is -1.84. The highest BCUT2D eigenvalue weighted by Crippen LogP contribution is 2.32. The van der Waals surface area contributed by atoms with Gasteiger partial charge in [-0.2, -0.15) is 0 Å². The van der Waals surface area contributed by atoms with Crippen LogP contribution < -0.4 is 4.65 Å². The van der Waals surface area contributed by atoms with Crippen molar-refractivity contribution in [3.8, 4) is 50.5 Å². The first-order chi connectivity index (χ1) is 16.7. The van der Waals surface area contributed by atoms with Crippen molar-refractivity contribution < 1.29 is 14.7 Å². The fourth-order valence-corrected chi connectivity index (χ4v) is 3.94. The summed E-state index contributed by atoms with van der Waals surface area (Å²) in [6, 6.07) is 40.2. The van der Waals surface area contributed by atoms with Crippen LogP contribution in [-0.4, -0.2) is 22.4 Å². The number of rotatable bonds is 6. The lowest BCUT2D eigenvalue weighted by atomic mass is 9.98. The van der Waals surface area contributed by atoms with Crippen molar-refractivity contribution in [3.63, 3.8) is 0 Å². The van der Waals surface area contributed by atoms with Gasteiger partial charge in [-0.1, -0.05) is 91.0 Å². The number of benzene rings is 4. The molecule has 0 radical (unpaired) electrons. The highest BCUT2D eigenvalue weighted by Gasteiger charge is 2.12. The monoisotopic (exact) mass is 443 g/mol. The minimum Gasteiger partial charge on any atom is -0.512 e. The first-order valence-electron chi connectivity index (χ1n) is 11.0. The Morgan fingerprint density at radius 3 is 1.65 bits per heavy atom. The zero-order chi connectivity index (χ0) is 23.3. The van der Waals surface area contributed by atoms with Gasteiger partial charge in [-0.05, 0) is 52.6 Å². The maximum atomic E-state index is 8.99. The van der Waals surface area contributed by atoms with E-state index in [2.05, 4.69) is 48.5 Å². The Morgan fingerprint density at radius 2 is 1.00 bits per heavy atom. The van der Waals surface area contributed by atoms with E-state index in [1.807, 2.05) is 60.7 Å². The molecule has 0 aliphatic rings. The van der Waals surface area contributed by atoms with E-state index in [1.54, 1.807) is 12.1 Å². The van der Waals surface area contributed by atoms with Gasteiger partial charge in [0.25, 0.3) is 0 Å². The molecule has 1 heterocycles. The Bertz CT molecular complexity index is 1330. The maximum Gasteiger partial charge on any atom is 0.707 e. The molecule has 0 spiro atoms. The average Bonchev–Trinajstić information content (AvgIpc) is 2.90. The van der Waals surface area contributed by atoms with Crippen molar-refractivity contribution in [2.75, 3.05) is 0 Å². The van der Waals surface area contributed by atoms with Crippen molar-refractivity contribution in [3.05, 3.63) is 121 Å². The van der Waals surface area contributed by atoms with Crippen molar-refractivity contribution >= 4 is 7.32 Å². The van der Waals surface area contributed by atoms with Crippen molar-refractivity contribution in [2.24, 2.45) is 0 Å².